The normalized spacial score (nSPS) is 16.4. The number of aryl methyl sites for hydroxylation is 2. The number of nitrogens with one attached hydrogen (secondary N) is 1. The summed E-state index contributed by atoms with van der Waals surface area (Å²) < 4.78 is 0. The number of hydrogen-bond acceptors (Lipinski definition) is 4. The Labute approximate surface area is 129 Å². The van der Waals surface area contributed by atoms with Crippen molar-refractivity contribution in [2.24, 2.45) is 5.73 Å². The minimum atomic E-state index is 0.0242. The van der Waals surface area contributed by atoms with Crippen LogP contribution in [-0.2, 0) is 17.6 Å². The van der Waals surface area contributed by atoms with Gasteiger partial charge in [0.05, 0.1) is 12.1 Å². The zero-order valence-corrected chi connectivity index (χ0v) is 13.0. The molecule has 1 aromatic rings. The number of hydrogen-bond donors (Lipinski definition) is 2. The van der Waals surface area contributed by atoms with E-state index in [0.717, 1.165) is 43.4 Å². The number of aromatic nitrogens is 1. The Morgan fingerprint density at radius 1 is 1.52 bits per heavy atom. The number of anilines is 1. The number of fused-ring (bicyclic) bond motifs is 1. The monoisotopic (exact) mass is 304 g/mol. The highest BCUT2D eigenvalue weighted by Crippen LogP contribution is 2.27. The summed E-state index contributed by atoms with van der Waals surface area (Å²) in [5, 5.41) is 2.98. The fraction of sp³-hybridized carbons (Fsp3) is 0.533. The van der Waals surface area contributed by atoms with Crippen molar-refractivity contribution in [3.8, 4) is 0 Å². The summed E-state index contributed by atoms with van der Waals surface area (Å²) in [7, 11) is 1.86. The first-order valence-corrected chi connectivity index (χ1v) is 7.78. The Kier molecular flexibility index (Phi) is 3.80. The first-order chi connectivity index (χ1) is 10.0. The van der Waals surface area contributed by atoms with Gasteiger partial charge in [0.2, 0.25) is 5.91 Å². The molecule has 0 aromatic carbocycles. The van der Waals surface area contributed by atoms with Gasteiger partial charge in [-0.05, 0) is 43.7 Å². The number of pyridine rings is 1. The van der Waals surface area contributed by atoms with Gasteiger partial charge in [0.25, 0.3) is 0 Å². The van der Waals surface area contributed by atoms with E-state index in [-0.39, 0.29) is 12.5 Å². The maximum absolute atomic E-state index is 11.9. The largest absolute Gasteiger partial charge is 0.389 e. The van der Waals surface area contributed by atoms with Crippen LogP contribution in [0.1, 0.15) is 36.1 Å². The number of likely N-dealkylation sites (N-methyl/N-ethyl adjacent to an activating group) is 1. The second kappa shape index (κ2) is 5.60. The van der Waals surface area contributed by atoms with Gasteiger partial charge in [-0.1, -0.05) is 12.2 Å². The molecule has 3 rings (SSSR count). The number of nitrogens with zero attached hydrogens (tertiary/aromatic N) is 2. The zero-order chi connectivity index (χ0) is 15.0. The molecule has 0 atom stereocenters. The molecule has 0 saturated heterocycles. The molecule has 1 fully saturated rings. The number of rotatable bonds is 5. The minimum Gasteiger partial charge on any atom is -0.389 e. The Bertz CT molecular complexity index is 598. The second-order valence-corrected chi connectivity index (χ2v) is 6.32. The van der Waals surface area contributed by atoms with Crippen molar-refractivity contribution >= 4 is 28.9 Å². The van der Waals surface area contributed by atoms with Crippen LogP contribution in [0.5, 0.6) is 0 Å². The molecule has 3 N–H and O–H groups in total. The van der Waals surface area contributed by atoms with Crippen molar-refractivity contribution in [1.82, 2.24) is 10.3 Å². The van der Waals surface area contributed by atoms with E-state index in [1.165, 1.54) is 5.56 Å². The third-order valence-electron chi connectivity index (χ3n) is 3.98. The van der Waals surface area contributed by atoms with Crippen LogP contribution in [0.4, 0.5) is 5.82 Å². The summed E-state index contributed by atoms with van der Waals surface area (Å²) in [4.78, 5) is 18.8. The quantitative estimate of drug-likeness (QED) is 0.792. The second-order valence-electron chi connectivity index (χ2n) is 5.88. The van der Waals surface area contributed by atoms with Crippen LogP contribution in [0.2, 0.25) is 0 Å². The molecular formula is C15H20N4OS. The smallest absolute Gasteiger partial charge is 0.239 e. The Hall–Kier alpha value is -1.69. The van der Waals surface area contributed by atoms with Crippen LogP contribution in [0, 0.1) is 0 Å². The van der Waals surface area contributed by atoms with Gasteiger partial charge >= 0.3 is 0 Å². The fourth-order valence-corrected chi connectivity index (χ4v) is 2.87. The molecule has 0 bridgehead atoms. The maximum Gasteiger partial charge on any atom is 0.239 e. The van der Waals surface area contributed by atoms with Gasteiger partial charge in [-0.25, -0.2) is 4.98 Å². The summed E-state index contributed by atoms with van der Waals surface area (Å²) >= 11 is 5.14. The standard InChI is InChI=1S/C15H20N4OS/c1-19(8-13(20)17-10-5-6-10)15-11(14(16)21)7-9-3-2-4-12(9)18-15/h7,10H,2-6,8H2,1H3,(H2,16,21)(H,17,20). The Morgan fingerprint density at radius 2 is 2.29 bits per heavy atom. The van der Waals surface area contributed by atoms with E-state index in [1.54, 1.807) is 0 Å². The summed E-state index contributed by atoms with van der Waals surface area (Å²) in [6.07, 6.45) is 5.32. The molecule has 6 heteroatoms. The summed E-state index contributed by atoms with van der Waals surface area (Å²) in [5.74, 6) is 0.741. The minimum absolute atomic E-state index is 0.0242. The van der Waals surface area contributed by atoms with Gasteiger partial charge in [-0.15, -0.1) is 0 Å². The molecule has 2 aliphatic carbocycles. The molecule has 0 spiro atoms. The van der Waals surface area contributed by atoms with Gasteiger partial charge < -0.3 is 16.0 Å². The van der Waals surface area contributed by atoms with Gasteiger partial charge in [0.1, 0.15) is 10.8 Å². The molecule has 2 aliphatic rings. The molecule has 1 saturated carbocycles. The van der Waals surface area contributed by atoms with Crippen LogP contribution < -0.4 is 16.0 Å². The maximum atomic E-state index is 11.9. The SMILES string of the molecule is CN(CC(=O)NC1CC1)c1nc2c(cc1C(N)=S)CCC2. The van der Waals surface area contributed by atoms with Crippen molar-refractivity contribution in [3.05, 3.63) is 22.9 Å². The molecule has 0 unspecified atom stereocenters. The topological polar surface area (TPSA) is 71.2 Å². The third-order valence-corrected chi connectivity index (χ3v) is 4.20. The predicted octanol–water partition coefficient (Wildman–Crippen LogP) is 0.919. The van der Waals surface area contributed by atoms with E-state index >= 15 is 0 Å². The van der Waals surface area contributed by atoms with E-state index in [9.17, 15) is 4.79 Å². The van der Waals surface area contributed by atoms with Crippen molar-refractivity contribution in [2.75, 3.05) is 18.5 Å². The number of carbonyl (C=O) groups excluding carboxylic acids is 1. The zero-order valence-electron chi connectivity index (χ0n) is 12.2. The first kappa shape index (κ1) is 14.3. The lowest BCUT2D eigenvalue weighted by Gasteiger charge is -2.21. The summed E-state index contributed by atoms with van der Waals surface area (Å²) in [5.41, 5.74) is 8.95. The highest BCUT2D eigenvalue weighted by molar-refractivity contribution is 7.80. The van der Waals surface area contributed by atoms with Gasteiger partial charge in [0, 0.05) is 18.8 Å². The van der Waals surface area contributed by atoms with Crippen molar-refractivity contribution in [2.45, 2.75) is 38.1 Å². The molecule has 1 heterocycles. The Morgan fingerprint density at radius 3 is 2.95 bits per heavy atom. The molecule has 1 aromatic heterocycles. The highest BCUT2D eigenvalue weighted by Gasteiger charge is 2.25. The molecular weight excluding hydrogens is 284 g/mol. The lowest BCUT2D eigenvalue weighted by atomic mass is 10.1. The average molecular weight is 304 g/mol. The lowest BCUT2D eigenvalue weighted by molar-refractivity contribution is -0.119. The Balaban J connectivity index is 1.81. The third kappa shape index (κ3) is 3.15. The van der Waals surface area contributed by atoms with Gasteiger partial charge in [-0.3, -0.25) is 4.79 Å². The van der Waals surface area contributed by atoms with Crippen molar-refractivity contribution < 1.29 is 4.79 Å². The first-order valence-electron chi connectivity index (χ1n) is 7.37. The van der Waals surface area contributed by atoms with Gasteiger partial charge in [0.15, 0.2) is 0 Å². The van der Waals surface area contributed by atoms with Crippen LogP contribution in [-0.4, -0.2) is 35.5 Å². The number of nitrogens with two attached hydrogens (primary N) is 1. The van der Waals surface area contributed by atoms with Crippen LogP contribution >= 0.6 is 12.2 Å². The van der Waals surface area contributed by atoms with E-state index in [0.29, 0.717) is 16.8 Å². The van der Waals surface area contributed by atoms with Gasteiger partial charge in [-0.2, -0.15) is 0 Å². The molecule has 1 amide bonds. The van der Waals surface area contributed by atoms with E-state index in [2.05, 4.69) is 5.32 Å². The van der Waals surface area contributed by atoms with Crippen LogP contribution in [0.3, 0.4) is 0 Å². The number of amides is 1. The molecule has 0 aliphatic heterocycles. The van der Waals surface area contributed by atoms with Crippen LogP contribution in [0.25, 0.3) is 0 Å². The number of thiocarbonyl (C=S) groups is 1. The lowest BCUT2D eigenvalue weighted by Crippen LogP contribution is -2.37. The summed E-state index contributed by atoms with van der Waals surface area (Å²) in [6, 6.07) is 2.41. The van der Waals surface area contributed by atoms with Crippen molar-refractivity contribution in [3.63, 3.8) is 0 Å². The summed E-state index contributed by atoms with van der Waals surface area (Å²) in [6.45, 7) is 0.276. The highest BCUT2D eigenvalue weighted by atomic mass is 32.1. The van der Waals surface area contributed by atoms with E-state index in [4.69, 9.17) is 22.9 Å². The van der Waals surface area contributed by atoms with E-state index in [1.807, 2.05) is 18.0 Å². The molecule has 112 valence electrons. The molecule has 5 nitrogen and oxygen atoms in total. The average Bonchev–Trinajstić information content (AvgIpc) is 3.11. The molecule has 0 radical (unpaired) electrons. The van der Waals surface area contributed by atoms with Crippen molar-refractivity contribution in [1.29, 1.82) is 0 Å². The van der Waals surface area contributed by atoms with Crippen LogP contribution in [0.15, 0.2) is 6.07 Å². The molecule has 21 heavy (non-hydrogen) atoms. The number of carbonyl (C=O) groups is 1. The fourth-order valence-electron chi connectivity index (χ4n) is 2.72. The van der Waals surface area contributed by atoms with E-state index < -0.39 is 0 Å². The predicted molar refractivity (Wildman–Crippen MR) is 86.6 cm³/mol.